The lowest BCUT2D eigenvalue weighted by Crippen LogP contribution is -2.12. The number of rotatable bonds is 3. The van der Waals surface area contributed by atoms with Crippen LogP contribution in [0.5, 0.6) is 5.75 Å². The second kappa shape index (κ2) is 4.98. The molecule has 0 aliphatic rings. The van der Waals surface area contributed by atoms with E-state index in [1.54, 1.807) is 17.9 Å². The van der Waals surface area contributed by atoms with Crippen molar-refractivity contribution in [2.24, 2.45) is 0 Å². The van der Waals surface area contributed by atoms with Crippen molar-refractivity contribution >= 4 is 23.4 Å². The molecule has 0 fully saturated rings. The van der Waals surface area contributed by atoms with Gasteiger partial charge in [0.05, 0.1) is 0 Å². The summed E-state index contributed by atoms with van der Waals surface area (Å²) in [6, 6.07) is 3.18. The number of halogens is 1. The topological polar surface area (TPSA) is 42.4 Å². The normalized spacial score (nSPS) is 9.87. The number of carbonyl (C=O) groups excluding carboxylic acids is 1. The van der Waals surface area contributed by atoms with E-state index >= 15 is 0 Å². The molecule has 0 aromatic carbocycles. The molecule has 15 heavy (non-hydrogen) atoms. The highest BCUT2D eigenvalue weighted by Gasteiger charge is 2.07. The van der Waals surface area contributed by atoms with Gasteiger partial charge in [-0.05, 0) is 0 Å². The number of pyridine rings is 1. The summed E-state index contributed by atoms with van der Waals surface area (Å²) in [5.41, 5.74) is 0. The van der Waals surface area contributed by atoms with Crippen LogP contribution >= 0.6 is 11.6 Å². The van der Waals surface area contributed by atoms with Crippen molar-refractivity contribution < 1.29 is 9.53 Å². The third-order valence-electron chi connectivity index (χ3n) is 1.73. The van der Waals surface area contributed by atoms with Gasteiger partial charge in [0.25, 0.3) is 0 Å². The minimum Gasteiger partial charge on any atom is -0.426 e. The molecule has 1 rings (SSSR count). The Kier molecular flexibility index (Phi) is 3.91. The molecule has 4 nitrogen and oxygen atoms in total. The van der Waals surface area contributed by atoms with E-state index in [0.717, 1.165) is 0 Å². The zero-order valence-corrected chi connectivity index (χ0v) is 9.71. The number of carbonyl (C=O) groups is 1. The third-order valence-corrected chi connectivity index (χ3v) is 1.93. The molecule has 0 amide bonds. The largest absolute Gasteiger partial charge is 0.426 e. The first kappa shape index (κ1) is 11.8. The average Bonchev–Trinajstić information content (AvgIpc) is 2.16. The quantitative estimate of drug-likeness (QED) is 0.587. The van der Waals surface area contributed by atoms with Crippen molar-refractivity contribution in [3.05, 3.63) is 17.3 Å². The molecule has 0 saturated heterocycles. The van der Waals surface area contributed by atoms with Gasteiger partial charge in [-0.2, -0.15) is 0 Å². The van der Waals surface area contributed by atoms with E-state index < -0.39 is 0 Å². The second-order valence-corrected chi connectivity index (χ2v) is 3.59. The van der Waals surface area contributed by atoms with Crippen LogP contribution in [-0.4, -0.2) is 25.0 Å². The standard InChI is InChI=1S/C10H13ClN2O2/c1-4-10(14)15-7-5-8(11)12-9(6-7)13(2)3/h5-6H,4H2,1-3H3. The van der Waals surface area contributed by atoms with Crippen molar-refractivity contribution in [3.63, 3.8) is 0 Å². The van der Waals surface area contributed by atoms with Gasteiger partial charge in [-0.3, -0.25) is 4.79 Å². The maximum atomic E-state index is 11.1. The Morgan fingerprint density at radius 3 is 2.73 bits per heavy atom. The van der Waals surface area contributed by atoms with Gasteiger partial charge < -0.3 is 9.64 Å². The van der Waals surface area contributed by atoms with Crippen molar-refractivity contribution in [2.45, 2.75) is 13.3 Å². The van der Waals surface area contributed by atoms with Crippen molar-refractivity contribution in [1.82, 2.24) is 4.98 Å². The van der Waals surface area contributed by atoms with E-state index in [-0.39, 0.29) is 5.97 Å². The Bertz CT molecular complexity index is 366. The average molecular weight is 229 g/mol. The predicted octanol–water partition coefficient (Wildman–Crippen LogP) is 2.12. The van der Waals surface area contributed by atoms with Gasteiger partial charge >= 0.3 is 5.97 Å². The molecule has 1 aromatic rings. The van der Waals surface area contributed by atoms with E-state index in [1.165, 1.54) is 6.07 Å². The summed E-state index contributed by atoms with van der Waals surface area (Å²) < 4.78 is 5.05. The summed E-state index contributed by atoms with van der Waals surface area (Å²) in [6.45, 7) is 1.73. The fourth-order valence-electron chi connectivity index (χ4n) is 0.952. The van der Waals surface area contributed by atoms with Crippen molar-refractivity contribution in [2.75, 3.05) is 19.0 Å². The van der Waals surface area contributed by atoms with Crippen LogP contribution in [0.3, 0.4) is 0 Å². The lowest BCUT2D eigenvalue weighted by Gasteiger charge is -2.12. The highest BCUT2D eigenvalue weighted by molar-refractivity contribution is 6.29. The van der Waals surface area contributed by atoms with Crippen LogP contribution in [0.4, 0.5) is 5.82 Å². The minimum atomic E-state index is -0.290. The molecule has 0 bridgehead atoms. The van der Waals surface area contributed by atoms with E-state index in [2.05, 4.69) is 4.98 Å². The molecular weight excluding hydrogens is 216 g/mol. The van der Waals surface area contributed by atoms with Gasteiger partial charge in [0.15, 0.2) is 0 Å². The van der Waals surface area contributed by atoms with Crippen LogP contribution in [0.2, 0.25) is 5.15 Å². The molecule has 0 N–H and O–H groups in total. The number of ether oxygens (including phenoxy) is 1. The molecule has 0 aliphatic heterocycles. The molecule has 5 heteroatoms. The van der Waals surface area contributed by atoms with E-state index in [1.807, 2.05) is 14.1 Å². The van der Waals surface area contributed by atoms with Crippen LogP contribution in [0, 0.1) is 0 Å². The summed E-state index contributed by atoms with van der Waals surface area (Å²) in [5, 5.41) is 0.306. The van der Waals surface area contributed by atoms with Crippen LogP contribution in [0.1, 0.15) is 13.3 Å². The molecule has 0 saturated carbocycles. The summed E-state index contributed by atoms with van der Waals surface area (Å²) in [6.07, 6.45) is 0.331. The van der Waals surface area contributed by atoms with Gasteiger partial charge in [0.2, 0.25) is 0 Å². The zero-order chi connectivity index (χ0) is 11.4. The number of aromatic nitrogens is 1. The highest BCUT2D eigenvalue weighted by Crippen LogP contribution is 2.22. The molecule has 0 unspecified atom stereocenters. The SMILES string of the molecule is CCC(=O)Oc1cc(Cl)nc(N(C)C)c1. The fraction of sp³-hybridized carbons (Fsp3) is 0.400. The number of anilines is 1. The number of esters is 1. The van der Waals surface area contributed by atoms with Crippen LogP contribution in [-0.2, 0) is 4.79 Å². The molecule has 1 heterocycles. The summed E-state index contributed by atoms with van der Waals surface area (Å²) in [4.78, 5) is 16.9. The zero-order valence-electron chi connectivity index (χ0n) is 8.95. The molecular formula is C10H13ClN2O2. The van der Waals surface area contributed by atoms with Crippen molar-refractivity contribution in [3.8, 4) is 5.75 Å². The third kappa shape index (κ3) is 3.40. The maximum absolute atomic E-state index is 11.1. The molecule has 0 aliphatic carbocycles. The van der Waals surface area contributed by atoms with Gasteiger partial charge in [-0.1, -0.05) is 18.5 Å². The Morgan fingerprint density at radius 2 is 2.20 bits per heavy atom. The van der Waals surface area contributed by atoms with Gasteiger partial charge in [0, 0.05) is 32.6 Å². The van der Waals surface area contributed by atoms with E-state index in [9.17, 15) is 4.79 Å². The fourth-order valence-corrected chi connectivity index (χ4v) is 1.15. The minimum absolute atomic E-state index is 0.290. The van der Waals surface area contributed by atoms with E-state index in [4.69, 9.17) is 16.3 Å². The smallest absolute Gasteiger partial charge is 0.310 e. The Morgan fingerprint density at radius 1 is 1.53 bits per heavy atom. The molecule has 0 radical (unpaired) electrons. The van der Waals surface area contributed by atoms with Crippen LogP contribution in [0.25, 0.3) is 0 Å². The highest BCUT2D eigenvalue weighted by atomic mass is 35.5. The molecule has 1 aromatic heterocycles. The Labute approximate surface area is 93.8 Å². The lowest BCUT2D eigenvalue weighted by atomic mass is 10.4. The lowest BCUT2D eigenvalue weighted by molar-refractivity contribution is -0.134. The van der Waals surface area contributed by atoms with E-state index in [0.29, 0.717) is 23.1 Å². The summed E-state index contributed by atoms with van der Waals surface area (Å²) in [7, 11) is 3.67. The first-order valence-electron chi connectivity index (χ1n) is 4.58. The first-order chi connectivity index (χ1) is 7.02. The first-order valence-corrected chi connectivity index (χ1v) is 4.96. The maximum Gasteiger partial charge on any atom is 0.310 e. The predicted molar refractivity (Wildman–Crippen MR) is 59.5 cm³/mol. The number of hydrogen-bond acceptors (Lipinski definition) is 4. The molecule has 82 valence electrons. The van der Waals surface area contributed by atoms with Crippen LogP contribution in [0.15, 0.2) is 12.1 Å². The Hall–Kier alpha value is -1.29. The molecule has 0 spiro atoms. The summed E-state index contributed by atoms with van der Waals surface area (Å²) in [5.74, 6) is 0.786. The second-order valence-electron chi connectivity index (χ2n) is 3.21. The number of hydrogen-bond donors (Lipinski definition) is 0. The monoisotopic (exact) mass is 228 g/mol. The van der Waals surface area contributed by atoms with Gasteiger partial charge in [-0.25, -0.2) is 4.98 Å². The Balaban J connectivity index is 2.93. The van der Waals surface area contributed by atoms with Crippen LogP contribution < -0.4 is 9.64 Å². The van der Waals surface area contributed by atoms with Gasteiger partial charge in [-0.15, -0.1) is 0 Å². The van der Waals surface area contributed by atoms with Gasteiger partial charge in [0.1, 0.15) is 16.7 Å². The molecule has 0 atom stereocenters. The van der Waals surface area contributed by atoms with Crippen molar-refractivity contribution in [1.29, 1.82) is 0 Å². The number of nitrogens with zero attached hydrogens (tertiary/aromatic N) is 2. The summed E-state index contributed by atoms with van der Waals surface area (Å²) >= 11 is 5.79.